The van der Waals surface area contributed by atoms with E-state index in [1.807, 2.05) is 24.3 Å². The van der Waals surface area contributed by atoms with Crippen LogP contribution in [-0.4, -0.2) is 37.9 Å². The van der Waals surface area contributed by atoms with E-state index >= 15 is 0 Å². The minimum absolute atomic E-state index is 0.0174. The lowest BCUT2D eigenvalue weighted by Crippen LogP contribution is -2.33. The predicted molar refractivity (Wildman–Crippen MR) is 81.7 cm³/mol. The molecule has 0 saturated carbocycles. The first-order chi connectivity index (χ1) is 10.8. The summed E-state index contributed by atoms with van der Waals surface area (Å²) in [4.78, 5) is 11.9. The number of nitrogens with one attached hydrogen (secondary N) is 1. The highest BCUT2D eigenvalue weighted by Gasteiger charge is 2.23. The van der Waals surface area contributed by atoms with E-state index in [9.17, 15) is 4.79 Å². The zero-order valence-corrected chi connectivity index (χ0v) is 12.8. The number of amides is 1. The standard InChI is InChI=1S/C17H23NO4/c19-17(16-4-2-10-21-16)18-11-13-5-7-14(8-6-13)22-12-15-3-1-9-20-15/h5-8,15-16H,1-4,9-12H2,(H,18,19)/t15-,16+/m0/s1. The van der Waals surface area contributed by atoms with Gasteiger partial charge in [0.05, 0.1) is 6.10 Å². The van der Waals surface area contributed by atoms with Crippen molar-refractivity contribution in [1.29, 1.82) is 0 Å². The Morgan fingerprint density at radius 3 is 2.59 bits per heavy atom. The van der Waals surface area contributed by atoms with Gasteiger partial charge in [0, 0.05) is 19.8 Å². The molecule has 2 atom stereocenters. The molecule has 2 aliphatic heterocycles. The molecule has 2 heterocycles. The first-order valence-electron chi connectivity index (χ1n) is 8.04. The molecule has 5 nitrogen and oxygen atoms in total. The van der Waals surface area contributed by atoms with E-state index in [0.29, 0.717) is 19.8 Å². The molecule has 0 aromatic heterocycles. The lowest BCUT2D eigenvalue weighted by Gasteiger charge is -2.12. The zero-order chi connectivity index (χ0) is 15.2. The largest absolute Gasteiger partial charge is 0.491 e. The number of carbonyl (C=O) groups excluding carboxylic acids is 1. The van der Waals surface area contributed by atoms with Gasteiger partial charge >= 0.3 is 0 Å². The highest BCUT2D eigenvalue weighted by Crippen LogP contribution is 2.17. The van der Waals surface area contributed by atoms with Gasteiger partial charge in [-0.3, -0.25) is 4.79 Å². The lowest BCUT2D eigenvalue weighted by molar-refractivity contribution is -0.130. The quantitative estimate of drug-likeness (QED) is 0.874. The smallest absolute Gasteiger partial charge is 0.249 e. The van der Waals surface area contributed by atoms with Crippen LogP contribution >= 0.6 is 0 Å². The van der Waals surface area contributed by atoms with Crippen molar-refractivity contribution in [3.05, 3.63) is 29.8 Å². The van der Waals surface area contributed by atoms with E-state index in [2.05, 4.69) is 5.32 Å². The molecule has 3 rings (SSSR count). The Hall–Kier alpha value is -1.59. The third-order valence-electron chi connectivity index (χ3n) is 4.07. The first kappa shape index (κ1) is 15.3. The van der Waals surface area contributed by atoms with Crippen molar-refractivity contribution >= 4 is 5.91 Å². The molecule has 2 aliphatic rings. The zero-order valence-electron chi connectivity index (χ0n) is 12.8. The number of rotatable bonds is 6. The summed E-state index contributed by atoms with van der Waals surface area (Å²) < 4.78 is 16.6. The molecule has 1 aromatic rings. The minimum atomic E-state index is -0.269. The van der Waals surface area contributed by atoms with Crippen LogP contribution in [0.5, 0.6) is 5.75 Å². The Balaban J connectivity index is 1.41. The molecule has 0 bridgehead atoms. The number of carbonyl (C=O) groups is 1. The van der Waals surface area contributed by atoms with Crippen molar-refractivity contribution in [2.75, 3.05) is 19.8 Å². The van der Waals surface area contributed by atoms with Crippen molar-refractivity contribution in [1.82, 2.24) is 5.32 Å². The minimum Gasteiger partial charge on any atom is -0.491 e. The second-order valence-electron chi connectivity index (χ2n) is 5.81. The van der Waals surface area contributed by atoms with Crippen LogP contribution in [0.4, 0.5) is 0 Å². The summed E-state index contributed by atoms with van der Waals surface area (Å²) in [5, 5.41) is 2.91. The Bertz CT molecular complexity index is 476. The van der Waals surface area contributed by atoms with E-state index in [1.165, 1.54) is 0 Å². The van der Waals surface area contributed by atoms with Crippen molar-refractivity contribution in [3.63, 3.8) is 0 Å². The topological polar surface area (TPSA) is 56.8 Å². The lowest BCUT2D eigenvalue weighted by atomic mass is 10.2. The fourth-order valence-electron chi connectivity index (χ4n) is 2.76. The van der Waals surface area contributed by atoms with Gasteiger partial charge in [-0.05, 0) is 43.4 Å². The molecule has 0 unspecified atom stereocenters. The SMILES string of the molecule is O=C(NCc1ccc(OC[C@@H]2CCCO2)cc1)[C@H]1CCCO1. The third-order valence-corrected chi connectivity index (χ3v) is 4.07. The van der Waals surface area contributed by atoms with Crippen LogP contribution in [0.25, 0.3) is 0 Å². The highest BCUT2D eigenvalue weighted by atomic mass is 16.5. The first-order valence-corrected chi connectivity index (χ1v) is 8.04. The van der Waals surface area contributed by atoms with Crippen molar-refractivity contribution in [2.24, 2.45) is 0 Å². The van der Waals surface area contributed by atoms with Gasteiger partial charge < -0.3 is 19.5 Å². The summed E-state index contributed by atoms with van der Waals surface area (Å²) in [5.74, 6) is 0.820. The van der Waals surface area contributed by atoms with E-state index in [4.69, 9.17) is 14.2 Å². The molecule has 0 radical (unpaired) electrons. The highest BCUT2D eigenvalue weighted by molar-refractivity contribution is 5.80. The van der Waals surface area contributed by atoms with Crippen LogP contribution in [-0.2, 0) is 20.8 Å². The maximum absolute atomic E-state index is 11.9. The molecular weight excluding hydrogens is 282 g/mol. The Morgan fingerprint density at radius 2 is 1.91 bits per heavy atom. The summed E-state index contributed by atoms with van der Waals surface area (Å²) in [5.41, 5.74) is 1.05. The van der Waals surface area contributed by atoms with Crippen LogP contribution in [0.15, 0.2) is 24.3 Å². The van der Waals surface area contributed by atoms with Crippen molar-refractivity contribution in [2.45, 2.75) is 44.4 Å². The average molecular weight is 305 g/mol. The van der Waals surface area contributed by atoms with Gasteiger partial charge in [-0.25, -0.2) is 0 Å². The molecule has 0 aliphatic carbocycles. The number of hydrogen-bond donors (Lipinski definition) is 1. The van der Waals surface area contributed by atoms with Gasteiger partial charge in [0.25, 0.3) is 0 Å². The van der Waals surface area contributed by atoms with E-state index in [-0.39, 0.29) is 18.1 Å². The van der Waals surface area contributed by atoms with Gasteiger partial charge in [-0.1, -0.05) is 12.1 Å². The fourth-order valence-corrected chi connectivity index (χ4v) is 2.76. The second kappa shape index (κ2) is 7.61. The predicted octanol–water partition coefficient (Wildman–Crippen LogP) is 2.04. The van der Waals surface area contributed by atoms with Crippen LogP contribution in [0.3, 0.4) is 0 Å². The van der Waals surface area contributed by atoms with Crippen molar-refractivity contribution < 1.29 is 19.0 Å². The fraction of sp³-hybridized carbons (Fsp3) is 0.588. The molecule has 2 saturated heterocycles. The van der Waals surface area contributed by atoms with Gasteiger partial charge in [0.2, 0.25) is 5.91 Å². The number of hydrogen-bond acceptors (Lipinski definition) is 4. The Kier molecular flexibility index (Phi) is 5.29. The maximum Gasteiger partial charge on any atom is 0.249 e. The molecule has 2 fully saturated rings. The summed E-state index contributed by atoms with van der Waals surface area (Å²) in [6.07, 6.45) is 3.95. The van der Waals surface area contributed by atoms with Gasteiger partial charge in [0.1, 0.15) is 18.5 Å². The van der Waals surface area contributed by atoms with Gasteiger partial charge in [0.15, 0.2) is 0 Å². The summed E-state index contributed by atoms with van der Waals surface area (Å²) in [7, 11) is 0. The average Bonchev–Trinajstić information content (AvgIpc) is 3.24. The molecule has 1 amide bonds. The van der Waals surface area contributed by atoms with Gasteiger partial charge in [-0.2, -0.15) is 0 Å². The van der Waals surface area contributed by atoms with E-state index in [1.54, 1.807) is 0 Å². The number of benzene rings is 1. The Labute approximate surface area is 130 Å². The van der Waals surface area contributed by atoms with Gasteiger partial charge in [-0.15, -0.1) is 0 Å². The third kappa shape index (κ3) is 4.21. The normalized spacial score (nSPS) is 24.4. The number of ether oxygens (including phenoxy) is 3. The molecule has 120 valence electrons. The van der Waals surface area contributed by atoms with E-state index < -0.39 is 0 Å². The molecule has 1 aromatic carbocycles. The molecular formula is C17H23NO4. The molecule has 5 heteroatoms. The monoisotopic (exact) mass is 305 g/mol. The second-order valence-corrected chi connectivity index (χ2v) is 5.81. The molecule has 1 N–H and O–H groups in total. The van der Waals surface area contributed by atoms with Crippen LogP contribution < -0.4 is 10.1 Å². The molecule has 22 heavy (non-hydrogen) atoms. The summed E-state index contributed by atoms with van der Waals surface area (Å²) in [6.45, 7) is 2.66. The van der Waals surface area contributed by atoms with Crippen LogP contribution in [0, 0.1) is 0 Å². The summed E-state index contributed by atoms with van der Waals surface area (Å²) >= 11 is 0. The summed E-state index contributed by atoms with van der Waals surface area (Å²) in [6, 6.07) is 7.81. The van der Waals surface area contributed by atoms with Crippen molar-refractivity contribution in [3.8, 4) is 5.75 Å². The van der Waals surface area contributed by atoms with Crippen LogP contribution in [0.1, 0.15) is 31.2 Å². The maximum atomic E-state index is 11.9. The van der Waals surface area contributed by atoms with Crippen LogP contribution in [0.2, 0.25) is 0 Å². The Morgan fingerprint density at radius 1 is 1.14 bits per heavy atom. The van der Waals surface area contributed by atoms with E-state index in [0.717, 1.165) is 43.6 Å². The molecule has 0 spiro atoms.